The van der Waals surface area contributed by atoms with Crippen LogP contribution in [0.25, 0.3) is 0 Å². The van der Waals surface area contributed by atoms with E-state index in [-0.39, 0.29) is 17.7 Å². The maximum absolute atomic E-state index is 12.7. The van der Waals surface area contributed by atoms with Gasteiger partial charge in [-0.2, -0.15) is 0 Å². The van der Waals surface area contributed by atoms with Crippen LogP contribution in [0.15, 0.2) is 23.1 Å². The van der Waals surface area contributed by atoms with Gasteiger partial charge in [0.05, 0.1) is 4.90 Å². The quantitative estimate of drug-likeness (QED) is 0.924. The zero-order chi connectivity index (χ0) is 14.3. The van der Waals surface area contributed by atoms with E-state index in [1.165, 1.54) is 6.07 Å². The van der Waals surface area contributed by atoms with Gasteiger partial charge in [-0.25, -0.2) is 8.42 Å². The third kappa shape index (κ3) is 2.06. The van der Waals surface area contributed by atoms with Crippen LogP contribution in [-0.2, 0) is 14.6 Å². The summed E-state index contributed by atoms with van der Waals surface area (Å²) in [7, 11) is -3.85. The van der Waals surface area contributed by atoms with Gasteiger partial charge < -0.3 is 5.11 Å². The minimum atomic E-state index is -3.85. The summed E-state index contributed by atoms with van der Waals surface area (Å²) in [5.74, 6) is -1.22. The molecule has 1 aliphatic carbocycles. The van der Waals surface area contributed by atoms with Crippen molar-refractivity contribution in [3.63, 3.8) is 0 Å². The molecule has 0 bridgehead atoms. The maximum Gasteiger partial charge on any atom is 0.325 e. The van der Waals surface area contributed by atoms with Gasteiger partial charge in [0.2, 0.25) is 0 Å². The SMILES string of the molecule is Cc1ccc(S(=O)(=O)C2(C(=O)O)CCCC2)c(C)c1. The van der Waals surface area contributed by atoms with Crippen LogP contribution in [0.2, 0.25) is 0 Å². The lowest BCUT2D eigenvalue weighted by Crippen LogP contribution is -2.44. The first-order chi connectivity index (χ1) is 8.81. The van der Waals surface area contributed by atoms with E-state index in [1.54, 1.807) is 19.1 Å². The Balaban J connectivity index is 2.61. The summed E-state index contributed by atoms with van der Waals surface area (Å²) in [5.41, 5.74) is 1.58. The molecule has 19 heavy (non-hydrogen) atoms. The fourth-order valence-corrected chi connectivity index (χ4v) is 5.06. The van der Waals surface area contributed by atoms with Crippen molar-refractivity contribution in [2.24, 2.45) is 0 Å². The Labute approximate surface area is 113 Å². The number of carboxylic acid groups (broad SMARTS) is 1. The summed E-state index contributed by atoms with van der Waals surface area (Å²) >= 11 is 0. The lowest BCUT2D eigenvalue weighted by molar-refractivity contribution is -0.139. The Morgan fingerprint density at radius 2 is 1.79 bits per heavy atom. The Morgan fingerprint density at radius 1 is 1.21 bits per heavy atom. The highest BCUT2D eigenvalue weighted by atomic mass is 32.2. The molecule has 5 heteroatoms. The third-order valence-electron chi connectivity index (χ3n) is 3.94. The second kappa shape index (κ2) is 4.63. The van der Waals surface area contributed by atoms with E-state index < -0.39 is 20.6 Å². The van der Waals surface area contributed by atoms with Gasteiger partial charge in [-0.1, -0.05) is 30.5 Å². The standard InChI is InChI=1S/C14H18O4S/c1-10-5-6-12(11(2)9-10)19(17,18)14(13(15)16)7-3-4-8-14/h5-6,9H,3-4,7-8H2,1-2H3,(H,15,16). The number of aliphatic carboxylic acids is 1. The smallest absolute Gasteiger partial charge is 0.325 e. The highest BCUT2D eigenvalue weighted by Crippen LogP contribution is 2.41. The van der Waals surface area contributed by atoms with Crippen molar-refractivity contribution >= 4 is 15.8 Å². The third-order valence-corrected chi connectivity index (χ3v) is 6.58. The minimum absolute atomic E-state index is 0.155. The van der Waals surface area contributed by atoms with E-state index in [0.717, 1.165) is 5.56 Å². The monoisotopic (exact) mass is 282 g/mol. The fourth-order valence-electron chi connectivity index (χ4n) is 2.85. The van der Waals surface area contributed by atoms with Crippen molar-refractivity contribution in [1.29, 1.82) is 0 Å². The fraction of sp³-hybridized carbons (Fsp3) is 0.500. The molecule has 1 saturated carbocycles. The summed E-state index contributed by atoms with van der Waals surface area (Å²) in [4.78, 5) is 11.7. The molecule has 104 valence electrons. The molecule has 0 atom stereocenters. The predicted molar refractivity (Wildman–Crippen MR) is 71.9 cm³/mol. The number of sulfone groups is 1. The molecule has 0 saturated heterocycles. The molecule has 1 aromatic carbocycles. The average Bonchev–Trinajstić information content (AvgIpc) is 2.78. The largest absolute Gasteiger partial charge is 0.480 e. The molecule has 1 fully saturated rings. The summed E-state index contributed by atoms with van der Waals surface area (Å²) in [6, 6.07) is 5.02. The Morgan fingerprint density at radius 3 is 2.26 bits per heavy atom. The van der Waals surface area contributed by atoms with Crippen molar-refractivity contribution in [2.75, 3.05) is 0 Å². The molecule has 0 amide bonds. The molecule has 0 radical (unpaired) electrons. The van der Waals surface area contributed by atoms with Crippen molar-refractivity contribution in [3.05, 3.63) is 29.3 Å². The number of carbonyl (C=O) groups is 1. The molecule has 4 nitrogen and oxygen atoms in total. The second-order valence-electron chi connectivity index (χ2n) is 5.28. The number of hydrogen-bond acceptors (Lipinski definition) is 3. The molecule has 0 aromatic heterocycles. The zero-order valence-corrected chi connectivity index (χ0v) is 12.0. The molecule has 0 aliphatic heterocycles. The van der Waals surface area contributed by atoms with Gasteiger partial charge in [-0.15, -0.1) is 0 Å². The molecule has 2 rings (SSSR count). The van der Waals surface area contributed by atoms with Crippen molar-refractivity contribution in [1.82, 2.24) is 0 Å². The molecule has 1 aliphatic rings. The second-order valence-corrected chi connectivity index (χ2v) is 7.51. The van der Waals surface area contributed by atoms with Crippen LogP contribution in [0.3, 0.4) is 0 Å². The normalized spacial score (nSPS) is 18.4. The molecule has 1 aromatic rings. The number of aryl methyl sites for hydroxylation is 2. The summed E-state index contributed by atoms with van der Waals surface area (Å²) in [5, 5.41) is 9.43. The molecule has 1 N–H and O–H groups in total. The summed E-state index contributed by atoms with van der Waals surface area (Å²) < 4.78 is 23.9. The Hall–Kier alpha value is -1.36. The van der Waals surface area contributed by atoms with E-state index in [4.69, 9.17) is 0 Å². The van der Waals surface area contributed by atoms with E-state index in [2.05, 4.69) is 0 Å². The van der Waals surface area contributed by atoms with Crippen LogP contribution < -0.4 is 0 Å². The van der Waals surface area contributed by atoms with Crippen LogP contribution in [-0.4, -0.2) is 24.2 Å². The predicted octanol–water partition coefficient (Wildman–Crippen LogP) is 2.47. The molecule has 0 spiro atoms. The Kier molecular flexibility index (Phi) is 3.43. The number of hydrogen-bond donors (Lipinski definition) is 1. The van der Waals surface area contributed by atoms with Gasteiger partial charge in [-0.05, 0) is 38.3 Å². The van der Waals surface area contributed by atoms with E-state index >= 15 is 0 Å². The number of rotatable bonds is 3. The van der Waals surface area contributed by atoms with Crippen LogP contribution in [0.1, 0.15) is 36.8 Å². The minimum Gasteiger partial charge on any atom is -0.480 e. The highest BCUT2D eigenvalue weighted by Gasteiger charge is 2.53. The zero-order valence-electron chi connectivity index (χ0n) is 11.1. The first kappa shape index (κ1) is 14.1. The number of benzene rings is 1. The Bertz CT molecular complexity index is 610. The van der Waals surface area contributed by atoms with Gasteiger partial charge in [0, 0.05) is 0 Å². The van der Waals surface area contributed by atoms with Crippen LogP contribution in [0.4, 0.5) is 0 Å². The lowest BCUT2D eigenvalue weighted by atomic mass is 10.1. The first-order valence-corrected chi connectivity index (χ1v) is 7.85. The summed E-state index contributed by atoms with van der Waals surface area (Å²) in [6.45, 7) is 3.59. The van der Waals surface area contributed by atoms with Crippen molar-refractivity contribution in [2.45, 2.75) is 49.2 Å². The van der Waals surface area contributed by atoms with E-state index in [1.807, 2.05) is 6.92 Å². The van der Waals surface area contributed by atoms with Gasteiger partial charge in [0.25, 0.3) is 0 Å². The maximum atomic E-state index is 12.7. The lowest BCUT2D eigenvalue weighted by Gasteiger charge is -2.25. The molecule has 0 heterocycles. The first-order valence-electron chi connectivity index (χ1n) is 6.36. The van der Waals surface area contributed by atoms with Crippen LogP contribution in [0, 0.1) is 13.8 Å². The van der Waals surface area contributed by atoms with Gasteiger partial charge in [-0.3, -0.25) is 4.79 Å². The topological polar surface area (TPSA) is 71.4 Å². The molecular formula is C14H18O4S. The number of carboxylic acids is 1. The van der Waals surface area contributed by atoms with E-state index in [0.29, 0.717) is 18.4 Å². The van der Waals surface area contributed by atoms with Gasteiger partial charge in [0.1, 0.15) is 0 Å². The van der Waals surface area contributed by atoms with Crippen molar-refractivity contribution < 1.29 is 18.3 Å². The molecule has 0 unspecified atom stereocenters. The van der Waals surface area contributed by atoms with Crippen LogP contribution >= 0.6 is 0 Å². The average molecular weight is 282 g/mol. The summed E-state index contributed by atoms with van der Waals surface area (Å²) in [6.07, 6.45) is 1.71. The highest BCUT2D eigenvalue weighted by molar-refractivity contribution is 7.93. The molecular weight excluding hydrogens is 264 g/mol. The van der Waals surface area contributed by atoms with Crippen molar-refractivity contribution in [3.8, 4) is 0 Å². The van der Waals surface area contributed by atoms with Gasteiger partial charge in [0.15, 0.2) is 14.6 Å². The van der Waals surface area contributed by atoms with E-state index in [9.17, 15) is 18.3 Å². The van der Waals surface area contributed by atoms with Gasteiger partial charge >= 0.3 is 5.97 Å². The van der Waals surface area contributed by atoms with Crippen LogP contribution in [0.5, 0.6) is 0 Å².